The van der Waals surface area contributed by atoms with E-state index in [9.17, 15) is 10.1 Å². The Bertz CT molecular complexity index is 478. The van der Waals surface area contributed by atoms with Crippen molar-refractivity contribution in [2.75, 3.05) is 25.1 Å². The molecule has 1 atom stereocenters. The van der Waals surface area contributed by atoms with Crippen LogP contribution in [0.2, 0.25) is 0 Å². The molecule has 0 saturated heterocycles. The monoisotopic (exact) mass is 267 g/mol. The number of benzene rings is 1. The highest BCUT2D eigenvalue weighted by atomic mass is 16.6. The Labute approximate surface area is 110 Å². The molecule has 0 saturated carbocycles. The van der Waals surface area contributed by atoms with Gasteiger partial charge in [-0.1, -0.05) is 6.92 Å². The molecule has 1 aromatic carbocycles. The summed E-state index contributed by atoms with van der Waals surface area (Å²) in [5, 5.41) is 14.1. The second-order valence-electron chi connectivity index (χ2n) is 4.32. The molecule has 0 fully saturated rings. The summed E-state index contributed by atoms with van der Waals surface area (Å²) < 4.78 is 10.7. The molecule has 1 heterocycles. The van der Waals surface area contributed by atoms with E-state index in [1.165, 1.54) is 6.07 Å². The van der Waals surface area contributed by atoms with E-state index in [1.54, 1.807) is 6.07 Å². The van der Waals surface area contributed by atoms with Gasteiger partial charge in [0.05, 0.1) is 11.0 Å². The summed E-state index contributed by atoms with van der Waals surface area (Å²) in [5.41, 5.74) is 6.16. The lowest BCUT2D eigenvalue weighted by atomic mass is 10.2. The van der Waals surface area contributed by atoms with Gasteiger partial charge in [0.2, 0.25) is 0 Å². The summed E-state index contributed by atoms with van der Waals surface area (Å²) in [6, 6.07) is 2.93. The number of nitrogens with two attached hydrogens (primary N) is 1. The lowest BCUT2D eigenvalue weighted by Crippen LogP contribution is -2.28. The number of hydrogen-bond acceptors (Lipinski definition) is 6. The molecule has 0 radical (unpaired) electrons. The van der Waals surface area contributed by atoms with Crippen LogP contribution in [-0.2, 0) is 0 Å². The number of nitrogens with zero attached hydrogens (tertiary/aromatic N) is 1. The Morgan fingerprint density at radius 2 is 2.05 bits per heavy atom. The number of hydrogen-bond donors (Lipinski definition) is 2. The normalized spacial score (nSPS) is 14.8. The van der Waals surface area contributed by atoms with Gasteiger partial charge < -0.3 is 20.5 Å². The van der Waals surface area contributed by atoms with Crippen molar-refractivity contribution in [2.45, 2.75) is 19.4 Å². The van der Waals surface area contributed by atoms with Gasteiger partial charge in [0.25, 0.3) is 5.69 Å². The molecule has 1 aliphatic rings. The second kappa shape index (κ2) is 5.75. The summed E-state index contributed by atoms with van der Waals surface area (Å²) in [6.45, 7) is 3.28. The van der Waals surface area contributed by atoms with E-state index < -0.39 is 4.92 Å². The minimum absolute atomic E-state index is 0.0347. The van der Waals surface area contributed by atoms with Gasteiger partial charge >= 0.3 is 0 Å². The summed E-state index contributed by atoms with van der Waals surface area (Å²) >= 11 is 0. The van der Waals surface area contributed by atoms with Crippen LogP contribution in [0, 0.1) is 10.1 Å². The molecule has 19 heavy (non-hydrogen) atoms. The number of nitrogens with one attached hydrogen (secondary N) is 1. The molecule has 0 aliphatic carbocycles. The molecule has 0 aromatic heterocycles. The van der Waals surface area contributed by atoms with Crippen LogP contribution in [0.25, 0.3) is 0 Å². The quantitative estimate of drug-likeness (QED) is 0.619. The average molecular weight is 267 g/mol. The summed E-state index contributed by atoms with van der Waals surface area (Å²) in [7, 11) is 0. The zero-order chi connectivity index (χ0) is 13.8. The van der Waals surface area contributed by atoms with Crippen molar-refractivity contribution in [2.24, 2.45) is 5.73 Å². The van der Waals surface area contributed by atoms with Gasteiger partial charge in [-0.3, -0.25) is 10.1 Å². The Hall–Kier alpha value is -2.02. The largest absolute Gasteiger partial charge is 0.486 e. The first kappa shape index (κ1) is 13.4. The minimum atomic E-state index is -0.446. The molecule has 0 spiro atoms. The van der Waals surface area contributed by atoms with E-state index in [1.807, 2.05) is 6.92 Å². The summed E-state index contributed by atoms with van der Waals surface area (Å²) in [6.07, 6.45) is 0.797. The third kappa shape index (κ3) is 3.05. The standard InChI is InChI=1S/C12H17N3O4/c1-2-8(13)7-14-9-5-11-12(19-4-3-18-11)6-10(9)15(16)17/h5-6,8,14H,2-4,7,13H2,1H3. The van der Waals surface area contributed by atoms with E-state index in [-0.39, 0.29) is 11.7 Å². The van der Waals surface area contributed by atoms with Crippen LogP contribution in [0.4, 0.5) is 11.4 Å². The van der Waals surface area contributed by atoms with E-state index in [0.29, 0.717) is 36.9 Å². The molecule has 7 heteroatoms. The van der Waals surface area contributed by atoms with E-state index >= 15 is 0 Å². The summed E-state index contributed by atoms with van der Waals surface area (Å²) in [4.78, 5) is 10.6. The van der Waals surface area contributed by atoms with Crippen LogP contribution in [0.1, 0.15) is 13.3 Å². The lowest BCUT2D eigenvalue weighted by Gasteiger charge is -2.20. The maximum atomic E-state index is 11.1. The molecule has 104 valence electrons. The number of fused-ring (bicyclic) bond motifs is 1. The van der Waals surface area contributed by atoms with Gasteiger partial charge in [-0.15, -0.1) is 0 Å². The van der Waals surface area contributed by atoms with E-state index in [0.717, 1.165) is 6.42 Å². The fraction of sp³-hybridized carbons (Fsp3) is 0.500. The zero-order valence-electron chi connectivity index (χ0n) is 10.7. The fourth-order valence-corrected chi connectivity index (χ4v) is 1.76. The van der Waals surface area contributed by atoms with Crippen molar-refractivity contribution in [1.82, 2.24) is 0 Å². The summed E-state index contributed by atoms with van der Waals surface area (Å²) in [5.74, 6) is 0.924. The lowest BCUT2D eigenvalue weighted by molar-refractivity contribution is -0.384. The van der Waals surface area contributed by atoms with Crippen molar-refractivity contribution in [3.05, 3.63) is 22.2 Å². The molecule has 2 rings (SSSR count). The third-order valence-corrected chi connectivity index (χ3v) is 2.94. The minimum Gasteiger partial charge on any atom is -0.486 e. The molecule has 1 unspecified atom stereocenters. The first-order valence-electron chi connectivity index (χ1n) is 6.19. The Morgan fingerprint density at radius 3 is 2.63 bits per heavy atom. The number of nitro benzene ring substituents is 1. The number of nitro groups is 1. The van der Waals surface area contributed by atoms with E-state index in [4.69, 9.17) is 15.2 Å². The van der Waals surface area contributed by atoms with Crippen LogP contribution in [0.3, 0.4) is 0 Å². The predicted octanol–water partition coefficient (Wildman–Crippen LogP) is 1.52. The van der Waals surface area contributed by atoms with Crippen molar-refractivity contribution in [3.63, 3.8) is 0 Å². The second-order valence-corrected chi connectivity index (χ2v) is 4.32. The van der Waals surface area contributed by atoms with Crippen LogP contribution < -0.4 is 20.5 Å². The maximum absolute atomic E-state index is 11.1. The van der Waals surface area contributed by atoms with Crippen molar-refractivity contribution < 1.29 is 14.4 Å². The first-order chi connectivity index (χ1) is 9.11. The van der Waals surface area contributed by atoms with Gasteiger partial charge in [0, 0.05) is 18.7 Å². The Morgan fingerprint density at radius 1 is 1.42 bits per heavy atom. The Kier molecular flexibility index (Phi) is 4.06. The third-order valence-electron chi connectivity index (χ3n) is 2.94. The number of ether oxygens (including phenoxy) is 2. The maximum Gasteiger partial charge on any atom is 0.296 e. The molecule has 3 N–H and O–H groups in total. The van der Waals surface area contributed by atoms with Crippen LogP contribution in [-0.4, -0.2) is 30.7 Å². The molecule has 1 aliphatic heterocycles. The average Bonchev–Trinajstić information content (AvgIpc) is 2.43. The van der Waals surface area contributed by atoms with E-state index in [2.05, 4.69) is 5.32 Å². The van der Waals surface area contributed by atoms with Gasteiger partial charge in [-0.2, -0.15) is 0 Å². The Balaban J connectivity index is 2.26. The predicted molar refractivity (Wildman–Crippen MR) is 70.8 cm³/mol. The number of anilines is 1. The topological polar surface area (TPSA) is 99.7 Å². The highest BCUT2D eigenvalue weighted by Gasteiger charge is 2.22. The van der Waals surface area contributed by atoms with Crippen molar-refractivity contribution >= 4 is 11.4 Å². The molecule has 0 amide bonds. The van der Waals surface area contributed by atoms with Gasteiger partial charge in [-0.05, 0) is 6.42 Å². The molecule has 1 aromatic rings. The highest BCUT2D eigenvalue weighted by molar-refractivity contribution is 5.68. The van der Waals surface area contributed by atoms with Crippen molar-refractivity contribution in [3.8, 4) is 11.5 Å². The van der Waals surface area contributed by atoms with Crippen molar-refractivity contribution in [1.29, 1.82) is 0 Å². The van der Waals surface area contributed by atoms with Gasteiger partial charge in [0.1, 0.15) is 18.9 Å². The molecule has 7 nitrogen and oxygen atoms in total. The zero-order valence-corrected chi connectivity index (χ0v) is 10.7. The van der Waals surface area contributed by atoms with Crippen LogP contribution in [0.5, 0.6) is 11.5 Å². The fourth-order valence-electron chi connectivity index (χ4n) is 1.76. The molecular weight excluding hydrogens is 250 g/mol. The van der Waals surface area contributed by atoms with Gasteiger partial charge in [-0.25, -0.2) is 0 Å². The van der Waals surface area contributed by atoms with Crippen LogP contribution >= 0.6 is 0 Å². The van der Waals surface area contributed by atoms with Gasteiger partial charge in [0.15, 0.2) is 11.5 Å². The van der Waals surface area contributed by atoms with Crippen LogP contribution in [0.15, 0.2) is 12.1 Å². The molecule has 0 bridgehead atoms. The first-order valence-corrected chi connectivity index (χ1v) is 6.19. The number of rotatable bonds is 5. The highest BCUT2D eigenvalue weighted by Crippen LogP contribution is 2.39. The molecular formula is C12H17N3O4. The SMILES string of the molecule is CCC(N)CNc1cc2c(cc1[N+](=O)[O-])OCCO2. The smallest absolute Gasteiger partial charge is 0.296 e.